The van der Waals surface area contributed by atoms with Crippen LogP contribution < -0.4 is 14.9 Å². The molecule has 0 bridgehead atoms. The summed E-state index contributed by atoms with van der Waals surface area (Å²) in [4.78, 5) is 5.44. The first-order valence-electron chi connectivity index (χ1n) is 6.60. The summed E-state index contributed by atoms with van der Waals surface area (Å²) in [5, 5.41) is 26.3. The number of aromatic nitrogens is 4. The number of aliphatic imine (C=N–C) groups is 1. The lowest BCUT2D eigenvalue weighted by Gasteiger charge is -2.18. The third-order valence-electron chi connectivity index (χ3n) is 2.78. The first-order valence-corrected chi connectivity index (χ1v) is 8.40. The zero-order valence-corrected chi connectivity index (χ0v) is 13.5. The van der Waals surface area contributed by atoms with E-state index in [0.29, 0.717) is 13.2 Å². The van der Waals surface area contributed by atoms with Crippen molar-refractivity contribution in [1.82, 2.24) is 15.5 Å². The Morgan fingerprint density at radius 1 is 1.50 bits per heavy atom. The maximum Gasteiger partial charge on any atom is 0.324 e. The highest BCUT2D eigenvalue weighted by atomic mass is 32.2. The maximum atomic E-state index is 11.8. The SMILES string of the molecule is Cc1nnc(SC/C([O-])=N\c2c[n+](N3CCOCC3)no2)s1. The molecule has 1 aliphatic rings. The second-order valence-electron chi connectivity index (χ2n) is 4.41. The van der Waals surface area contributed by atoms with Gasteiger partial charge in [0.2, 0.25) is 5.27 Å². The Kier molecular flexibility index (Phi) is 4.85. The van der Waals surface area contributed by atoms with Crippen LogP contribution in [0.15, 0.2) is 20.1 Å². The molecule has 3 rings (SSSR count). The van der Waals surface area contributed by atoms with E-state index in [-0.39, 0.29) is 17.5 Å². The van der Waals surface area contributed by atoms with Gasteiger partial charge in [-0.2, -0.15) is 0 Å². The van der Waals surface area contributed by atoms with E-state index in [9.17, 15) is 5.11 Å². The summed E-state index contributed by atoms with van der Waals surface area (Å²) in [5.74, 6) is 0.0704. The van der Waals surface area contributed by atoms with Gasteiger partial charge in [-0.1, -0.05) is 23.1 Å². The molecule has 3 heterocycles. The van der Waals surface area contributed by atoms with Crippen LogP contribution in [0, 0.1) is 6.92 Å². The Balaban J connectivity index is 1.57. The Morgan fingerprint density at radius 3 is 3.05 bits per heavy atom. The van der Waals surface area contributed by atoms with Gasteiger partial charge in [-0.15, -0.1) is 15.2 Å². The number of ether oxygens (including phenoxy) is 1. The number of nitrogens with zero attached hydrogens (tertiary/aromatic N) is 6. The van der Waals surface area contributed by atoms with E-state index in [0.717, 1.165) is 22.4 Å². The monoisotopic (exact) mass is 342 g/mol. The van der Waals surface area contributed by atoms with Crippen molar-refractivity contribution in [3.63, 3.8) is 0 Å². The Bertz CT molecular complexity index is 652. The van der Waals surface area contributed by atoms with E-state index in [1.165, 1.54) is 23.1 Å². The number of hydrogen-bond acceptors (Lipinski definition) is 10. The molecule has 22 heavy (non-hydrogen) atoms. The molecule has 1 saturated heterocycles. The summed E-state index contributed by atoms with van der Waals surface area (Å²) in [6.07, 6.45) is 1.59. The third-order valence-corrected chi connectivity index (χ3v) is 4.74. The summed E-state index contributed by atoms with van der Waals surface area (Å²) in [6.45, 7) is 4.59. The molecule has 118 valence electrons. The molecule has 0 atom stereocenters. The zero-order chi connectivity index (χ0) is 15.4. The normalized spacial score (nSPS) is 16.2. The van der Waals surface area contributed by atoms with Crippen molar-refractivity contribution in [2.75, 3.05) is 37.1 Å². The van der Waals surface area contributed by atoms with Crippen LogP contribution in [0.5, 0.6) is 0 Å². The summed E-state index contributed by atoms with van der Waals surface area (Å²) in [7, 11) is 0. The Labute approximate surface area is 134 Å². The number of aryl methyl sites for hydroxylation is 1. The van der Waals surface area contributed by atoms with E-state index in [4.69, 9.17) is 9.26 Å². The predicted octanol–water partition coefficient (Wildman–Crippen LogP) is -0.727. The first kappa shape index (κ1) is 15.2. The van der Waals surface area contributed by atoms with Gasteiger partial charge < -0.3 is 9.84 Å². The van der Waals surface area contributed by atoms with E-state index < -0.39 is 0 Å². The molecule has 0 N–H and O–H groups in total. The molecule has 0 unspecified atom stereocenters. The molecule has 11 heteroatoms. The first-order chi connectivity index (χ1) is 10.7. The molecule has 2 aromatic heterocycles. The van der Waals surface area contributed by atoms with E-state index in [2.05, 4.69) is 20.5 Å². The second kappa shape index (κ2) is 7.03. The molecule has 1 fully saturated rings. The van der Waals surface area contributed by atoms with Gasteiger partial charge in [0.15, 0.2) is 4.34 Å². The quantitative estimate of drug-likeness (QED) is 0.303. The van der Waals surface area contributed by atoms with Crippen LogP contribution >= 0.6 is 23.1 Å². The molecule has 0 amide bonds. The average molecular weight is 342 g/mol. The minimum atomic E-state index is -0.303. The Hall–Kier alpha value is -1.72. The predicted molar refractivity (Wildman–Crippen MR) is 77.9 cm³/mol. The molecule has 1 aliphatic heterocycles. The van der Waals surface area contributed by atoms with Gasteiger partial charge in [0.05, 0.1) is 31.1 Å². The maximum absolute atomic E-state index is 11.8. The molecule has 0 radical (unpaired) electrons. The standard InChI is InChI=1S/C11H14N6O3S2/c1-8-13-14-11(22-8)21-7-9(18)12-10-6-17(15-20-10)16-2-4-19-5-3-16/h6H,2-5,7H2,1H3. The third kappa shape index (κ3) is 3.93. The molecule has 0 aliphatic carbocycles. The Morgan fingerprint density at radius 2 is 2.32 bits per heavy atom. The molecule has 0 aromatic carbocycles. The van der Waals surface area contributed by atoms with Crippen LogP contribution in [0.3, 0.4) is 0 Å². The molecule has 2 aromatic rings. The van der Waals surface area contributed by atoms with Crippen molar-refractivity contribution in [3.8, 4) is 0 Å². The summed E-state index contributed by atoms with van der Waals surface area (Å²) >= 11 is 2.76. The van der Waals surface area contributed by atoms with E-state index in [1.807, 2.05) is 11.9 Å². The fourth-order valence-corrected chi connectivity index (χ4v) is 3.39. The number of hydrogen-bond donors (Lipinski definition) is 0. The highest BCUT2D eigenvalue weighted by molar-refractivity contribution is 8.01. The lowest BCUT2D eigenvalue weighted by atomic mass is 10.5. The van der Waals surface area contributed by atoms with Gasteiger partial charge in [-0.05, 0) is 12.8 Å². The van der Waals surface area contributed by atoms with Crippen molar-refractivity contribution >= 4 is 34.9 Å². The smallest absolute Gasteiger partial charge is 0.324 e. The zero-order valence-electron chi connectivity index (χ0n) is 11.8. The van der Waals surface area contributed by atoms with Gasteiger partial charge in [0.1, 0.15) is 5.01 Å². The van der Waals surface area contributed by atoms with Crippen LogP contribution in [0.2, 0.25) is 0 Å². The molecule has 0 saturated carbocycles. The van der Waals surface area contributed by atoms with Gasteiger partial charge in [0.25, 0.3) is 6.20 Å². The van der Waals surface area contributed by atoms with Crippen molar-refractivity contribution in [1.29, 1.82) is 0 Å². The van der Waals surface area contributed by atoms with Crippen LogP contribution in [-0.4, -0.2) is 53.4 Å². The van der Waals surface area contributed by atoms with Crippen LogP contribution in [0.4, 0.5) is 5.88 Å². The molecular weight excluding hydrogens is 328 g/mol. The topological polar surface area (TPSA) is 104 Å². The summed E-state index contributed by atoms with van der Waals surface area (Å²) in [5.41, 5.74) is 0. The average Bonchev–Trinajstić information content (AvgIpc) is 3.15. The van der Waals surface area contributed by atoms with E-state index in [1.54, 1.807) is 11.0 Å². The van der Waals surface area contributed by atoms with Gasteiger partial charge in [-0.3, -0.25) is 4.52 Å². The highest BCUT2D eigenvalue weighted by Crippen LogP contribution is 2.21. The number of rotatable bonds is 5. The fraction of sp³-hybridized carbons (Fsp3) is 0.545. The molecule has 0 spiro atoms. The largest absolute Gasteiger partial charge is 0.861 e. The van der Waals surface area contributed by atoms with Crippen molar-refractivity contribution in [2.24, 2.45) is 4.99 Å². The van der Waals surface area contributed by atoms with Gasteiger partial charge in [-0.25, -0.2) is 4.99 Å². The minimum Gasteiger partial charge on any atom is -0.861 e. The summed E-state index contributed by atoms with van der Waals surface area (Å²) in [6, 6.07) is 0. The number of morpholine rings is 1. The van der Waals surface area contributed by atoms with Gasteiger partial charge >= 0.3 is 5.88 Å². The van der Waals surface area contributed by atoms with Gasteiger partial charge in [0, 0.05) is 5.75 Å². The molecule has 9 nitrogen and oxygen atoms in total. The van der Waals surface area contributed by atoms with E-state index >= 15 is 0 Å². The van der Waals surface area contributed by atoms with Crippen molar-refractivity contribution in [2.45, 2.75) is 11.3 Å². The van der Waals surface area contributed by atoms with Crippen LogP contribution in [-0.2, 0) is 4.74 Å². The molecular formula is C11H14N6O3S2. The van der Waals surface area contributed by atoms with Crippen LogP contribution in [0.1, 0.15) is 5.01 Å². The number of thioether (sulfide) groups is 1. The van der Waals surface area contributed by atoms with Crippen molar-refractivity contribution in [3.05, 3.63) is 11.2 Å². The fourth-order valence-electron chi connectivity index (χ4n) is 1.79. The lowest BCUT2D eigenvalue weighted by molar-refractivity contribution is -0.759. The summed E-state index contributed by atoms with van der Waals surface area (Å²) < 4.78 is 11.1. The minimum absolute atomic E-state index is 0.186. The lowest BCUT2D eigenvalue weighted by Crippen LogP contribution is -2.62. The second-order valence-corrected chi connectivity index (χ2v) is 6.81. The van der Waals surface area contributed by atoms with Crippen molar-refractivity contribution < 1.29 is 19.2 Å². The highest BCUT2D eigenvalue weighted by Gasteiger charge is 2.22. The van der Waals surface area contributed by atoms with Crippen LogP contribution in [0.25, 0.3) is 0 Å².